The average Bonchev–Trinajstić information content (AvgIpc) is 3.05. The molecule has 0 spiro atoms. The minimum absolute atomic E-state index is 0.295. The van der Waals surface area contributed by atoms with Gasteiger partial charge >= 0.3 is 5.97 Å². The number of carbonyl (C=O) groups is 2. The molecule has 7 nitrogen and oxygen atoms in total. The van der Waals surface area contributed by atoms with Crippen molar-refractivity contribution < 1.29 is 14.3 Å². The van der Waals surface area contributed by atoms with Gasteiger partial charge in [0.15, 0.2) is 5.65 Å². The van der Waals surface area contributed by atoms with Crippen LogP contribution in [-0.2, 0) is 9.53 Å². The molecule has 0 aliphatic heterocycles. The number of fused-ring (bicyclic) bond motifs is 1. The van der Waals surface area contributed by atoms with E-state index in [9.17, 15) is 9.59 Å². The second-order valence-electron chi connectivity index (χ2n) is 5.21. The predicted octanol–water partition coefficient (Wildman–Crippen LogP) is 1.69. The van der Waals surface area contributed by atoms with Gasteiger partial charge in [0.2, 0.25) is 0 Å². The van der Waals surface area contributed by atoms with E-state index in [-0.39, 0.29) is 0 Å². The highest BCUT2D eigenvalue weighted by Crippen LogP contribution is 2.20. The van der Waals surface area contributed by atoms with E-state index in [2.05, 4.69) is 20.1 Å². The Morgan fingerprint density at radius 3 is 2.67 bits per heavy atom. The molecule has 1 N–H and O–H groups in total. The fourth-order valence-corrected chi connectivity index (χ4v) is 2.39. The zero-order valence-corrected chi connectivity index (χ0v) is 13.3. The third kappa shape index (κ3) is 2.83. The zero-order valence-electron chi connectivity index (χ0n) is 13.3. The summed E-state index contributed by atoms with van der Waals surface area (Å²) in [5.74, 6) is -0.946. The quantitative estimate of drug-likeness (QED) is 0.738. The summed E-state index contributed by atoms with van der Waals surface area (Å²) in [6.07, 6.45) is 3.06. The largest absolute Gasteiger partial charge is 0.467 e. The molecule has 0 unspecified atom stereocenters. The van der Waals surface area contributed by atoms with Crippen LogP contribution in [0.4, 0.5) is 0 Å². The number of nitrogens with one attached hydrogen (secondary N) is 1. The van der Waals surface area contributed by atoms with Gasteiger partial charge in [0.1, 0.15) is 11.6 Å². The maximum absolute atomic E-state index is 12.4. The number of ether oxygens (including phenoxy) is 1. The molecular weight excluding hydrogens is 308 g/mol. The van der Waals surface area contributed by atoms with Crippen LogP contribution < -0.4 is 5.32 Å². The molecule has 3 aromatic rings. The van der Waals surface area contributed by atoms with Crippen molar-refractivity contribution in [2.45, 2.75) is 13.0 Å². The van der Waals surface area contributed by atoms with E-state index < -0.39 is 17.9 Å². The topological polar surface area (TPSA) is 85.6 Å². The van der Waals surface area contributed by atoms with Crippen molar-refractivity contribution >= 4 is 17.5 Å². The Morgan fingerprint density at radius 1 is 1.21 bits per heavy atom. The van der Waals surface area contributed by atoms with Gasteiger partial charge in [-0.2, -0.15) is 5.10 Å². The van der Waals surface area contributed by atoms with Gasteiger partial charge in [0, 0.05) is 11.8 Å². The highest BCUT2D eigenvalue weighted by Gasteiger charge is 2.21. The van der Waals surface area contributed by atoms with Crippen LogP contribution in [0.15, 0.2) is 48.8 Å². The first-order chi connectivity index (χ1) is 11.6. The monoisotopic (exact) mass is 324 g/mol. The van der Waals surface area contributed by atoms with Crippen LogP contribution >= 0.6 is 0 Å². The summed E-state index contributed by atoms with van der Waals surface area (Å²) in [5.41, 5.74) is 2.50. The number of hydrogen-bond donors (Lipinski definition) is 1. The number of carbonyl (C=O) groups excluding carboxylic acids is 2. The standard InChI is InChI=1S/C17H16N4O3/c1-11(17(23)24-2)20-16(22)13-10-19-21-14(8-9-18-15(13)21)12-6-4-3-5-7-12/h3-11H,1-2H3,(H,20,22)/t11-/m0/s1. The van der Waals surface area contributed by atoms with Crippen molar-refractivity contribution in [1.82, 2.24) is 19.9 Å². The van der Waals surface area contributed by atoms with Gasteiger partial charge in [0.25, 0.3) is 5.91 Å². The third-order valence-electron chi connectivity index (χ3n) is 3.62. The molecule has 2 aromatic heterocycles. The van der Waals surface area contributed by atoms with Crippen molar-refractivity contribution in [3.8, 4) is 11.3 Å². The highest BCUT2D eigenvalue weighted by molar-refractivity contribution is 6.01. The summed E-state index contributed by atoms with van der Waals surface area (Å²) < 4.78 is 6.21. The Bertz CT molecular complexity index is 889. The number of esters is 1. The van der Waals surface area contributed by atoms with Gasteiger partial charge in [-0.25, -0.2) is 14.3 Å². The van der Waals surface area contributed by atoms with E-state index >= 15 is 0 Å². The van der Waals surface area contributed by atoms with Gasteiger partial charge < -0.3 is 10.1 Å². The molecule has 122 valence electrons. The lowest BCUT2D eigenvalue weighted by atomic mass is 10.1. The van der Waals surface area contributed by atoms with Crippen LogP contribution in [0.5, 0.6) is 0 Å². The van der Waals surface area contributed by atoms with E-state index in [1.807, 2.05) is 36.4 Å². The SMILES string of the molecule is COC(=O)[C@H](C)NC(=O)c1cnn2c(-c3ccccc3)ccnc12. The predicted molar refractivity (Wildman–Crippen MR) is 87.4 cm³/mol. The minimum Gasteiger partial charge on any atom is -0.467 e. The molecule has 0 fully saturated rings. The molecule has 0 aliphatic carbocycles. The Kier molecular flexibility index (Phi) is 4.24. The Hall–Kier alpha value is -3.22. The van der Waals surface area contributed by atoms with Crippen molar-refractivity contribution in [3.05, 3.63) is 54.4 Å². The number of methoxy groups -OCH3 is 1. The smallest absolute Gasteiger partial charge is 0.328 e. The second kappa shape index (κ2) is 6.49. The van der Waals surface area contributed by atoms with Crippen molar-refractivity contribution in [3.63, 3.8) is 0 Å². The second-order valence-corrected chi connectivity index (χ2v) is 5.21. The normalized spacial score (nSPS) is 11.9. The summed E-state index contributed by atoms with van der Waals surface area (Å²) in [6.45, 7) is 1.55. The molecular formula is C17H16N4O3. The Morgan fingerprint density at radius 2 is 1.96 bits per heavy atom. The van der Waals surface area contributed by atoms with E-state index in [0.717, 1.165) is 11.3 Å². The maximum atomic E-state index is 12.4. The fraction of sp³-hybridized carbons (Fsp3) is 0.176. The lowest BCUT2D eigenvalue weighted by Gasteiger charge is -2.10. The molecule has 1 atom stereocenters. The summed E-state index contributed by atoms with van der Waals surface area (Å²) >= 11 is 0. The van der Waals surface area contributed by atoms with Crippen molar-refractivity contribution in [2.24, 2.45) is 0 Å². The van der Waals surface area contributed by atoms with Crippen LogP contribution in [-0.4, -0.2) is 39.6 Å². The van der Waals surface area contributed by atoms with E-state index in [1.54, 1.807) is 17.6 Å². The molecule has 7 heteroatoms. The molecule has 2 heterocycles. The Labute approximate surface area is 138 Å². The first-order valence-electron chi connectivity index (χ1n) is 7.38. The summed E-state index contributed by atoms with van der Waals surface area (Å²) in [5, 5.41) is 6.84. The first-order valence-corrected chi connectivity index (χ1v) is 7.38. The van der Waals surface area contributed by atoms with Crippen LogP contribution in [0.3, 0.4) is 0 Å². The third-order valence-corrected chi connectivity index (χ3v) is 3.62. The van der Waals surface area contributed by atoms with E-state index in [4.69, 9.17) is 0 Å². The summed E-state index contributed by atoms with van der Waals surface area (Å²) in [4.78, 5) is 28.1. The summed E-state index contributed by atoms with van der Waals surface area (Å²) in [7, 11) is 1.27. The number of amides is 1. The molecule has 3 rings (SSSR count). The molecule has 1 amide bonds. The average molecular weight is 324 g/mol. The Balaban J connectivity index is 1.97. The van der Waals surface area contributed by atoms with Gasteiger partial charge in [-0.05, 0) is 13.0 Å². The number of aromatic nitrogens is 3. The molecule has 1 aromatic carbocycles. The zero-order chi connectivity index (χ0) is 17.1. The minimum atomic E-state index is -0.755. The van der Waals surface area contributed by atoms with Crippen LogP contribution in [0, 0.1) is 0 Å². The molecule has 0 bridgehead atoms. The van der Waals surface area contributed by atoms with Crippen LogP contribution in [0.1, 0.15) is 17.3 Å². The van der Waals surface area contributed by atoms with Crippen LogP contribution in [0.2, 0.25) is 0 Å². The highest BCUT2D eigenvalue weighted by atomic mass is 16.5. The molecule has 0 radical (unpaired) electrons. The number of hydrogen-bond acceptors (Lipinski definition) is 5. The van der Waals surface area contributed by atoms with Gasteiger partial charge in [0.05, 0.1) is 19.0 Å². The number of benzene rings is 1. The lowest BCUT2D eigenvalue weighted by Crippen LogP contribution is -2.39. The van der Waals surface area contributed by atoms with Crippen molar-refractivity contribution in [2.75, 3.05) is 7.11 Å². The van der Waals surface area contributed by atoms with Gasteiger partial charge in [-0.3, -0.25) is 4.79 Å². The van der Waals surface area contributed by atoms with Gasteiger partial charge in [-0.1, -0.05) is 30.3 Å². The van der Waals surface area contributed by atoms with Crippen LogP contribution in [0.25, 0.3) is 16.9 Å². The first kappa shape index (κ1) is 15.7. The van der Waals surface area contributed by atoms with E-state index in [1.165, 1.54) is 13.3 Å². The fourth-order valence-electron chi connectivity index (χ4n) is 2.39. The maximum Gasteiger partial charge on any atom is 0.328 e. The van der Waals surface area contributed by atoms with Crippen molar-refractivity contribution in [1.29, 1.82) is 0 Å². The van der Waals surface area contributed by atoms with E-state index in [0.29, 0.717) is 11.2 Å². The van der Waals surface area contributed by atoms with Gasteiger partial charge in [-0.15, -0.1) is 0 Å². The molecule has 0 aliphatic rings. The lowest BCUT2D eigenvalue weighted by molar-refractivity contribution is -0.142. The summed E-state index contributed by atoms with van der Waals surface area (Å²) in [6, 6.07) is 10.8. The number of rotatable bonds is 4. The molecule has 24 heavy (non-hydrogen) atoms. The number of nitrogens with zero attached hydrogens (tertiary/aromatic N) is 3. The molecule has 0 saturated carbocycles. The molecule has 0 saturated heterocycles.